The Bertz CT molecular complexity index is 919. The van der Waals surface area contributed by atoms with E-state index in [2.05, 4.69) is 35.5 Å². The average molecular weight is 375 g/mol. The zero-order valence-electron chi connectivity index (χ0n) is 16.4. The van der Waals surface area contributed by atoms with Crippen LogP contribution in [0.5, 0.6) is 5.75 Å². The van der Waals surface area contributed by atoms with Crippen LogP contribution in [0.25, 0.3) is 0 Å². The average Bonchev–Trinajstić information content (AvgIpc) is 2.73. The highest BCUT2D eigenvalue weighted by Crippen LogP contribution is 2.26. The van der Waals surface area contributed by atoms with Crippen molar-refractivity contribution in [1.82, 2.24) is 10.3 Å². The number of nitrogens with zero attached hydrogens (tertiary/aromatic N) is 1. The molecule has 5 heteroatoms. The summed E-state index contributed by atoms with van der Waals surface area (Å²) in [7, 11) is 1.63. The van der Waals surface area contributed by atoms with Gasteiger partial charge in [0.1, 0.15) is 11.6 Å². The predicted octanol–water partition coefficient (Wildman–Crippen LogP) is 4.89. The van der Waals surface area contributed by atoms with Crippen LogP contribution in [-0.4, -0.2) is 18.0 Å². The highest BCUT2D eigenvalue weighted by molar-refractivity contribution is 5.94. The second kappa shape index (κ2) is 9.04. The number of anilines is 2. The van der Waals surface area contributed by atoms with E-state index in [-0.39, 0.29) is 5.91 Å². The SMILES string of the molecule is COc1ccc(CNC(=O)c2ccc(Nc3ccccc3C(C)C)nc2)cc1. The molecule has 0 fully saturated rings. The highest BCUT2D eigenvalue weighted by atomic mass is 16.5. The summed E-state index contributed by atoms with van der Waals surface area (Å²) >= 11 is 0. The van der Waals surface area contributed by atoms with Crippen LogP contribution < -0.4 is 15.4 Å². The number of ether oxygens (including phenoxy) is 1. The lowest BCUT2D eigenvalue weighted by Crippen LogP contribution is -2.22. The Morgan fingerprint density at radius 1 is 1.04 bits per heavy atom. The van der Waals surface area contributed by atoms with Gasteiger partial charge in [-0.05, 0) is 47.4 Å². The van der Waals surface area contributed by atoms with E-state index in [0.29, 0.717) is 23.8 Å². The molecule has 0 aliphatic rings. The van der Waals surface area contributed by atoms with E-state index >= 15 is 0 Å². The molecule has 0 aliphatic heterocycles. The van der Waals surface area contributed by atoms with Crippen molar-refractivity contribution in [1.29, 1.82) is 0 Å². The fourth-order valence-electron chi connectivity index (χ4n) is 2.88. The third-order valence-corrected chi connectivity index (χ3v) is 4.48. The van der Waals surface area contributed by atoms with Crippen molar-refractivity contribution in [3.05, 3.63) is 83.6 Å². The molecule has 5 nitrogen and oxygen atoms in total. The third-order valence-electron chi connectivity index (χ3n) is 4.48. The molecule has 0 atom stereocenters. The van der Waals surface area contributed by atoms with E-state index in [1.807, 2.05) is 48.5 Å². The molecule has 1 aromatic heterocycles. The van der Waals surface area contributed by atoms with Crippen LogP contribution in [0.1, 0.15) is 41.3 Å². The van der Waals surface area contributed by atoms with Crippen molar-refractivity contribution in [2.45, 2.75) is 26.3 Å². The number of pyridine rings is 1. The molecule has 3 aromatic rings. The third kappa shape index (κ3) is 4.88. The first-order chi connectivity index (χ1) is 13.6. The largest absolute Gasteiger partial charge is 0.497 e. The number of methoxy groups -OCH3 is 1. The van der Waals surface area contributed by atoms with Crippen LogP contribution in [-0.2, 0) is 6.54 Å². The summed E-state index contributed by atoms with van der Waals surface area (Å²) in [6, 6.07) is 19.4. The van der Waals surface area contributed by atoms with Gasteiger partial charge in [-0.1, -0.05) is 44.2 Å². The number of nitrogens with one attached hydrogen (secondary N) is 2. The molecule has 0 bridgehead atoms. The monoisotopic (exact) mass is 375 g/mol. The summed E-state index contributed by atoms with van der Waals surface area (Å²) in [5.74, 6) is 1.75. The summed E-state index contributed by atoms with van der Waals surface area (Å²) in [5.41, 5.74) is 3.79. The Kier molecular flexibility index (Phi) is 6.27. The molecular formula is C23H25N3O2. The van der Waals surface area contributed by atoms with Gasteiger partial charge in [-0.2, -0.15) is 0 Å². The van der Waals surface area contributed by atoms with Gasteiger partial charge >= 0.3 is 0 Å². The van der Waals surface area contributed by atoms with Gasteiger partial charge in [0, 0.05) is 18.4 Å². The molecule has 1 amide bonds. The Morgan fingerprint density at radius 2 is 1.79 bits per heavy atom. The number of amides is 1. The molecule has 0 saturated heterocycles. The van der Waals surface area contributed by atoms with Gasteiger partial charge < -0.3 is 15.4 Å². The molecule has 1 heterocycles. The van der Waals surface area contributed by atoms with Gasteiger partial charge in [0.05, 0.1) is 12.7 Å². The number of benzene rings is 2. The Morgan fingerprint density at radius 3 is 2.43 bits per heavy atom. The van der Waals surface area contributed by atoms with Crippen molar-refractivity contribution in [3.63, 3.8) is 0 Å². The molecule has 2 N–H and O–H groups in total. The van der Waals surface area contributed by atoms with Gasteiger partial charge in [0.15, 0.2) is 0 Å². The van der Waals surface area contributed by atoms with Gasteiger partial charge in [-0.15, -0.1) is 0 Å². The molecule has 0 saturated carbocycles. The highest BCUT2D eigenvalue weighted by Gasteiger charge is 2.09. The molecule has 144 valence electrons. The maximum absolute atomic E-state index is 12.4. The lowest BCUT2D eigenvalue weighted by molar-refractivity contribution is 0.0950. The summed E-state index contributed by atoms with van der Waals surface area (Å²) in [4.78, 5) is 16.7. The van der Waals surface area contributed by atoms with Crippen LogP contribution in [0.4, 0.5) is 11.5 Å². The summed E-state index contributed by atoms with van der Waals surface area (Å²) < 4.78 is 5.14. The van der Waals surface area contributed by atoms with E-state index in [1.54, 1.807) is 19.4 Å². The molecule has 0 spiro atoms. The number of para-hydroxylation sites is 1. The van der Waals surface area contributed by atoms with Gasteiger partial charge in [0.2, 0.25) is 0 Å². The second-order valence-corrected chi connectivity index (χ2v) is 6.83. The summed E-state index contributed by atoms with van der Waals surface area (Å²) in [6.45, 7) is 4.76. The molecule has 3 rings (SSSR count). The fraction of sp³-hybridized carbons (Fsp3) is 0.217. The normalized spacial score (nSPS) is 10.6. The minimum Gasteiger partial charge on any atom is -0.497 e. The van der Waals surface area contributed by atoms with Gasteiger partial charge in [-0.3, -0.25) is 4.79 Å². The standard InChI is InChI=1S/C23H25N3O2/c1-16(2)20-6-4-5-7-21(20)26-22-13-10-18(15-24-22)23(27)25-14-17-8-11-19(28-3)12-9-17/h4-13,15-16H,14H2,1-3H3,(H,24,26)(H,25,27). The quantitative estimate of drug-likeness (QED) is 0.617. The second-order valence-electron chi connectivity index (χ2n) is 6.83. The van der Waals surface area contributed by atoms with Crippen LogP contribution in [0, 0.1) is 0 Å². The van der Waals surface area contributed by atoms with Crippen molar-refractivity contribution in [3.8, 4) is 5.75 Å². The maximum Gasteiger partial charge on any atom is 0.253 e. The Hall–Kier alpha value is -3.34. The lowest BCUT2D eigenvalue weighted by Gasteiger charge is -2.14. The van der Waals surface area contributed by atoms with E-state index in [9.17, 15) is 4.79 Å². The van der Waals surface area contributed by atoms with Crippen molar-refractivity contribution in [2.24, 2.45) is 0 Å². The number of rotatable bonds is 7. The number of hydrogen-bond donors (Lipinski definition) is 2. The predicted molar refractivity (Wildman–Crippen MR) is 112 cm³/mol. The minimum atomic E-state index is -0.155. The Balaban J connectivity index is 1.61. The smallest absolute Gasteiger partial charge is 0.253 e. The van der Waals surface area contributed by atoms with Crippen LogP contribution in [0.2, 0.25) is 0 Å². The van der Waals surface area contributed by atoms with E-state index < -0.39 is 0 Å². The number of hydrogen-bond acceptors (Lipinski definition) is 4. The van der Waals surface area contributed by atoms with Crippen LogP contribution in [0.3, 0.4) is 0 Å². The topological polar surface area (TPSA) is 63.2 Å². The zero-order chi connectivity index (χ0) is 19.9. The summed E-state index contributed by atoms with van der Waals surface area (Å²) in [6.07, 6.45) is 1.59. The van der Waals surface area contributed by atoms with E-state index in [4.69, 9.17) is 4.74 Å². The van der Waals surface area contributed by atoms with Crippen molar-refractivity contribution in [2.75, 3.05) is 12.4 Å². The van der Waals surface area contributed by atoms with Crippen LogP contribution >= 0.6 is 0 Å². The fourth-order valence-corrected chi connectivity index (χ4v) is 2.88. The first-order valence-corrected chi connectivity index (χ1v) is 9.30. The number of carbonyl (C=O) groups excluding carboxylic acids is 1. The number of carbonyl (C=O) groups is 1. The molecule has 2 aromatic carbocycles. The zero-order valence-corrected chi connectivity index (χ0v) is 16.4. The molecule has 0 aliphatic carbocycles. The van der Waals surface area contributed by atoms with E-state index in [0.717, 1.165) is 17.0 Å². The minimum absolute atomic E-state index is 0.155. The molecule has 0 unspecified atom stereocenters. The van der Waals surface area contributed by atoms with Gasteiger partial charge in [-0.25, -0.2) is 4.98 Å². The summed E-state index contributed by atoms with van der Waals surface area (Å²) in [5, 5.41) is 6.24. The van der Waals surface area contributed by atoms with Crippen molar-refractivity contribution < 1.29 is 9.53 Å². The van der Waals surface area contributed by atoms with E-state index in [1.165, 1.54) is 5.56 Å². The molecule has 0 radical (unpaired) electrons. The molecular weight excluding hydrogens is 350 g/mol. The maximum atomic E-state index is 12.4. The van der Waals surface area contributed by atoms with Crippen LogP contribution in [0.15, 0.2) is 66.9 Å². The first-order valence-electron chi connectivity index (χ1n) is 9.30. The van der Waals surface area contributed by atoms with Crippen molar-refractivity contribution >= 4 is 17.4 Å². The number of aromatic nitrogens is 1. The molecule has 28 heavy (non-hydrogen) atoms. The Labute approximate surface area is 165 Å². The first kappa shape index (κ1) is 19.4. The lowest BCUT2D eigenvalue weighted by atomic mass is 10.0. The van der Waals surface area contributed by atoms with Gasteiger partial charge in [0.25, 0.3) is 5.91 Å².